The highest BCUT2D eigenvalue weighted by Gasteiger charge is 2.25. The zero-order valence-electron chi connectivity index (χ0n) is 17.5. The van der Waals surface area contributed by atoms with E-state index in [0.717, 1.165) is 28.3 Å². The molecular formula is C24H27N3O3. The van der Waals surface area contributed by atoms with Crippen LogP contribution in [0.5, 0.6) is 5.75 Å². The first-order valence-electron chi connectivity index (χ1n) is 10.4. The number of hydrogen-bond donors (Lipinski definition) is 1. The second-order valence-electron chi connectivity index (χ2n) is 7.78. The normalized spacial score (nSPS) is 13.2. The van der Waals surface area contributed by atoms with Crippen LogP contribution in [0.15, 0.2) is 53.3 Å². The van der Waals surface area contributed by atoms with Crippen molar-refractivity contribution in [2.45, 2.75) is 39.7 Å². The number of aromatic nitrogens is 2. The number of rotatable bonds is 6. The summed E-state index contributed by atoms with van der Waals surface area (Å²) in [7, 11) is 0. The van der Waals surface area contributed by atoms with Crippen LogP contribution in [-0.4, -0.2) is 33.7 Å². The third kappa shape index (κ3) is 4.03. The van der Waals surface area contributed by atoms with Gasteiger partial charge in [-0.15, -0.1) is 0 Å². The number of fused-ring (bicyclic) bond motifs is 1. The van der Waals surface area contributed by atoms with Crippen LogP contribution in [0.2, 0.25) is 0 Å². The van der Waals surface area contributed by atoms with Crippen LogP contribution < -0.4 is 10.3 Å². The van der Waals surface area contributed by atoms with Gasteiger partial charge in [0.2, 0.25) is 5.91 Å². The summed E-state index contributed by atoms with van der Waals surface area (Å²) in [5.41, 5.74) is 4.54. The van der Waals surface area contributed by atoms with E-state index in [1.165, 1.54) is 0 Å². The molecule has 30 heavy (non-hydrogen) atoms. The number of benzene rings is 2. The van der Waals surface area contributed by atoms with E-state index >= 15 is 0 Å². The lowest BCUT2D eigenvalue weighted by Gasteiger charge is -2.26. The van der Waals surface area contributed by atoms with Gasteiger partial charge in [0.1, 0.15) is 5.75 Å². The quantitative estimate of drug-likeness (QED) is 0.638. The summed E-state index contributed by atoms with van der Waals surface area (Å²) in [6.07, 6.45) is 1.73. The molecule has 6 heteroatoms. The molecule has 0 saturated heterocycles. The third-order valence-corrected chi connectivity index (χ3v) is 5.61. The number of carbonyl (C=O) groups is 1. The number of aryl methyl sites for hydroxylation is 2. The standard InChI is InChI=1S/C24H27N3O3/c1-17-8-6-9-18(2)23(17)30-15-7-12-22(28)26-14-13-21-20(16-26)24(29)27(25-21)19-10-4-3-5-11-19/h3-6,8-11,25H,7,12-16H2,1-2H3. The molecule has 0 fully saturated rings. The number of hydrogen-bond acceptors (Lipinski definition) is 3. The molecule has 1 N–H and O–H groups in total. The average Bonchev–Trinajstić information content (AvgIpc) is 3.09. The number of H-pyrrole nitrogens is 1. The largest absolute Gasteiger partial charge is 0.493 e. The molecule has 2 heterocycles. The number of para-hydroxylation sites is 2. The third-order valence-electron chi connectivity index (χ3n) is 5.61. The van der Waals surface area contributed by atoms with Gasteiger partial charge in [-0.3, -0.25) is 14.7 Å². The molecule has 0 radical (unpaired) electrons. The first-order valence-corrected chi connectivity index (χ1v) is 10.4. The zero-order valence-corrected chi connectivity index (χ0v) is 17.5. The average molecular weight is 405 g/mol. The SMILES string of the molecule is Cc1cccc(C)c1OCCCC(=O)N1CCc2[nH]n(-c3ccccc3)c(=O)c2C1. The fraction of sp³-hybridized carbons (Fsp3) is 0.333. The van der Waals surface area contributed by atoms with Gasteiger partial charge in [-0.1, -0.05) is 36.4 Å². The van der Waals surface area contributed by atoms with Crippen LogP contribution >= 0.6 is 0 Å². The van der Waals surface area contributed by atoms with Crippen molar-refractivity contribution in [1.29, 1.82) is 0 Å². The van der Waals surface area contributed by atoms with Crippen LogP contribution in [0.1, 0.15) is 35.2 Å². The summed E-state index contributed by atoms with van der Waals surface area (Å²) in [4.78, 5) is 27.3. The van der Waals surface area contributed by atoms with E-state index in [-0.39, 0.29) is 11.5 Å². The minimum absolute atomic E-state index is 0.0672. The van der Waals surface area contributed by atoms with Crippen molar-refractivity contribution < 1.29 is 9.53 Å². The highest BCUT2D eigenvalue weighted by molar-refractivity contribution is 5.76. The molecule has 0 atom stereocenters. The smallest absolute Gasteiger partial charge is 0.276 e. The molecule has 0 spiro atoms. The van der Waals surface area contributed by atoms with Gasteiger partial charge < -0.3 is 9.64 Å². The number of nitrogens with one attached hydrogen (secondary N) is 1. The molecule has 1 aliphatic heterocycles. The number of ether oxygens (including phenoxy) is 1. The van der Waals surface area contributed by atoms with Gasteiger partial charge in [-0.2, -0.15) is 0 Å². The van der Waals surface area contributed by atoms with Gasteiger partial charge >= 0.3 is 0 Å². The predicted octanol–water partition coefficient (Wildman–Crippen LogP) is 3.53. The molecule has 4 rings (SSSR count). The summed E-state index contributed by atoms with van der Waals surface area (Å²) in [5, 5.41) is 3.20. The van der Waals surface area contributed by atoms with Crippen molar-refractivity contribution >= 4 is 5.91 Å². The number of aromatic amines is 1. The first kappa shape index (κ1) is 20.0. The molecule has 1 amide bonds. The van der Waals surface area contributed by atoms with E-state index in [4.69, 9.17) is 4.74 Å². The second-order valence-corrected chi connectivity index (χ2v) is 7.78. The monoisotopic (exact) mass is 405 g/mol. The molecule has 0 bridgehead atoms. The van der Waals surface area contributed by atoms with Gasteiger partial charge in [0, 0.05) is 25.1 Å². The van der Waals surface area contributed by atoms with Crippen molar-refractivity contribution in [3.63, 3.8) is 0 Å². The molecule has 2 aromatic carbocycles. The Morgan fingerprint density at radius 1 is 1.07 bits per heavy atom. The van der Waals surface area contributed by atoms with Crippen molar-refractivity contribution in [3.8, 4) is 11.4 Å². The Balaban J connectivity index is 1.35. The Bertz CT molecular complexity index is 1080. The number of nitrogens with zero attached hydrogens (tertiary/aromatic N) is 2. The van der Waals surface area contributed by atoms with Crippen molar-refractivity contribution in [2.24, 2.45) is 0 Å². The summed E-state index contributed by atoms with van der Waals surface area (Å²) >= 11 is 0. The van der Waals surface area contributed by atoms with Crippen molar-refractivity contribution in [3.05, 3.63) is 81.3 Å². The Morgan fingerprint density at radius 2 is 1.80 bits per heavy atom. The lowest BCUT2D eigenvalue weighted by molar-refractivity contribution is -0.132. The Morgan fingerprint density at radius 3 is 2.53 bits per heavy atom. The lowest BCUT2D eigenvalue weighted by Crippen LogP contribution is -2.37. The van der Waals surface area contributed by atoms with Crippen LogP contribution in [0.3, 0.4) is 0 Å². The zero-order chi connectivity index (χ0) is 21.1. The Labute approximate surface area is 176 Å². The van der Waals surface area contributed by atoms with E-state index in [2.05, 4.69) is 5.10 Å². The maximum Gasteiger partial charge on any atom is 0.276 e. The number of carbonyl (C=O) groups excluding carboxylic acids is 1. The first-order chi connectivity index (χ1) is 14.5. The van der Waals surface area contributed by atoms with Gasteiger partial charge in [-0.25, -0.2) is 4.68 Å². The molecule has 156 valence electrons. The predicted molar refractivity (Wildman–Crippen MR) is 116 cm³/mol. The van der Waals surface area contributed by atoms with Gasteiger partial charge in [0.05, 0.1) is 24.4 Å². The maximum absolute atomic E-state index is 12.8. The highest BCUT2D eigenvalue weighted by Crippen LogP contribution is 2.23. The van der Waals surface area contributed by atoms with E-state index in [1.807, 2.05) is 62.4 Å². The Hall–Kier alpha value is -3.28. The molecule has 3 aromatic rings. The minimum atomic E-state index is -0.0768. The molecule has 6 nitrogen and oxygen atoms in total. The second kappa shape index (κ2) is 8.61. The summed E-state index contributed by atoms with van der Waals surface area (Å²) in [5.74, 6) is 0.971. The topological polar surface area (TPSA) is 67.3 Å². The van der Waals surface area contributed by atoms with E-state index in [9.17, 15) is 9.59 Å². The fourth-order valence-corrected chi connectivity index (χ4v) is 3.96. The van der Waals surface area contributed by atoms with Crippen molar-refractivity contribution in [1.82, 2.24) is 14.7 Å². The van der Waals surface area contributed by atoms with E-state index in [0.29, 0.717) is 44.5 Å². The van der Waals surface area contributed by atoms with E-state index in [1.54, 1.807) is 9.58 Å². The Kier molecular flexibility index (Phi) is 5.74. The van der Waals surface area contributed by atoms with Gasteiger partial charge in [0.25, 0.3) is 5.56 Å². The van der Waals surface area contributed by atoms with Crippen LogP contribution in [-0.2, 0) is 17.8 Å². The van der Waals surface area contributed by atoms with Crippen LogP contribution in [0.4, 0.5) is 0 Å². The fourth-order valence-electron chi connectivity index (χ4n) is 3.96. The number of amides is 1. The van der Waals surface area contributed by atoms with Crippen LogP contribution in [0.25, 0.3) is 5.69 Å². The summed E-state index contributed by atoms with van der Waals surface area (Å²) in [6.45, 7) is 5.54. The van der Waals surface area contributed by atoms with Crippen molar-refractivity contribution in [2.75, 3.05) is 13.2 Å². The van der Waals surface area contributed by atoms with Gasteiger partial charge in [-0.05, 0) is 43.5 Å². The molecule has 1 aromatic heterocycles. The summed E-state index contributed by atoms with van der Waals surface area (Å²) in [6, 6.07) is 15.6. The molecule has 1 aliphatic rings. The van der Waals surface area contributed by atoms with E-state index < -0.39 is 0 Å². The lowest BCUT2D eigenvalue weighted by atomic mass is 10.1. The highest BCUT2D eigenvalue weighted by atomic mass is 16.5. The molecule has 0 aliphatic carbocycles. The summed E-state index contributed by atoms with van der Waals surface area (Å²) < 4.78 is 7.47. The molecule has 0 unspecified atom stereocenters. The minimum Gasteiger partial charge on any atom is -0.493 e. The maximum atomic E-state index is 12.8. The van der Waals surface area contributed by atoms with Crippen LogP contribution in [0, 0.1) is 13.8 Å². The molecular weight excluding hydrogens is 378 g/mol. The molecule has 0 saturated carbocycles. The van der Waals surface area contributed by atoms with Gasteiger partial charge in [0.15, 0.2) is 0 Å².